The monoisotopic (exact) mass is 362 g/mol. The molecule has 1 amide bonds. The van der Waals surface area contributed by atoms with E-state index in [0.29, 0.717) is 12.8 Å². The Morgan fingerprint density at radius 1 is 1.00 bits per heavy atom. The van der Waals surface area contributed by atoms with E-state index in [1.54, 1.807) is 0 Å². The number of anilines is 2. The molecule has 1 aliphatic heterocycles. The number of hydrogen-bond donors (Lipinski definition) is 2. The molecule has 1 saturated heterocycles. The van der Waals surface area contributed by atoms with E-state index in [1.807, 2.05) is 42.5 Å². The summed E-state index contributed by atoms with van der Waals surface area (Å²) >= 11 is 0. The summed E-state index contributed by atoms with van der Waals surface area (Å²) in [7, 11) is 0. The number of aromatic amines is 1. The Labute approximate surface area is 159 Å². The van der Waals surface area contributed by atoms with E-state index >= 15 is 0 Å². The van der Waals surface area contributed by atoms with E-state index in [1.165, 1.54) is 25.7 Å². The number of amides is 1. The summed E-state index contributed by atoms with van der Waals surface area (Å²) in [6.07, 6.45) is 6.04. The van der Waals surface area contributed by atoms with Crippen molar-refractivity contribution in [3.8, 4) is 0 Å². The van der Waals surface area contributed by atoms with Gasteiger partial charge in [0.25, 0.3) is 0 Å². The molecule has 3 aromatic rings. The number of carbonyl (C=O) groups is 1. The average Bonchev–Trinajstić information content (AvgIpc) is 2.91. The van der Waals surface area contributed by atoms with Crippen molar-refractivity contribution < 1.29 is 4.79 Å². The van der Waals surface area contributed by atoms with E-state index < -0.39 is 0 Å². The molecular formula is C22H26N4O. The van der Waals surface area contributed by atoms with Gasteiger partial charge in [0.05, 0.1) is 22.4 Å². The molecule has 1 fully saturated rings. The van der Waals surface area contributed by atoms with Crippen molar-refractivity contribution >= 4 is 28.3 Å². The van der Waals surface area contributed by atoms with Gasteiger partial charge in [-0.05, 0) is 37.1 Å². The zero-order valence-electron chi connectivity index (χ0n) is 15.6. The van der Waals surface area contributed by atoms with Crippen LogP contribution in [-0.4, -0.2) is 29.0 Å². The lowest BCUT2D eigenvalue weighted by molar-refractivity contribution is -0.116. The molecule has 0 aliphatic carbocycles. The highest BCUT2D eigenvalue weighted by Crippen LogP contribution is 2.28. The highest BCUT2D eigenvalue weighted by atomic mass is 16.1. The van der Waals surface area contributed by atoms with E-state index in [0.717, 1.165) is 41.3 Å². The molecule has 0 unspecified atom stereocenters. The Hall–Kier alpha value is -2.82. The highest BCUT2D eigenvalue weighted by Gasteiger charge is 2.15. The van der Waals surface area contributed by atoms with E-state index in [9.17, 15) is 4.79 Å². The van der Waals surface area contributed by atoms with Gasteiger partial charge in [0.2, 0.25) is 5.91 Å². The van der Waals surface area contributed by atoms with Gasteiger partial charge in [-0.3, -0.25) is 4.79 Å². The number of benzene rings is 2. The summed E-state index contributed by atoms with van der Waals surface area (Å²) in [4.78, 5) is 22.8. The first-order valence-electron chi connectivity index (χ1n) is 9.87. The van der Waals surface area contributed by atoms with Gasteiger partial charge < -0.3 is 15.2 Å². The number of carbonyl (C=O) groups excluding carboxylic acids is 1. The van der Waals surface area contributed by atoms with Gasteiger partial charge in [0.1, 0.15) is 5.82 Å². The average molecular weight is 362 g/mol. The van der Waals surface area contributed by atoms with Gasteiger partial charge in [0, 0.05) is 25.9 Å². The van der Waals surface area contributed by atoms with Crippen molar-refractivity contribution in [2.75, 3.05) is 23.3 Å². The van der Waals surface area contributed by atoms with E-state index in [2.05, 4.69) is 26.3 Å². The van der Waals surface area contributed by atoms with Crippen LogP contribution in [-0.2, 0) is 11.2 Å². The molecule has 0 bridgehead atoms. The molecule has 0 radical (unpaired) electrons. The molecule has 2 aromatic carbocycles. The molecule has 1 aromatic heterocycles. The first-order chi connectivity index (χ1) is 13.3. The van der Waals surface area contributed by atoms with Crippen LogP contribution in [0.1, 0.15) is 37.9 Å². The lowest BCUT2D eigenvalue weighted by Crippen LogP contribution is -2.25. The minimum Gasteiger partial charge on any atom is -0.370 e. The second-order valence-electron chi connectivity index (χ2n) is 7.17. The predicted molar refractivity (Wildman–Crippen MR) is 110 cm³/mol. The van der Waals surface area contributed by atoms with E-state index in [-0.39, 0.29) is 5.91 Å². The van der Waals surface area contributed by atoms with Gasteiger partial charge in [-0.15, -0.1) is 0 Å². The van der Waals surface area contributed by atoms with Gasteiger partial charge in [-0.25, -0.2) is 4.98 Å². The number of hydrogen-bond acceptors (Lipinski definition) is 3. The van der Waals surface area contributed by atoms with Crippen molar-refractivity contribution in [2.24, 2.45) is 0 Å². The Morgan fingerprint density at radius 3 is 2.56 bits per heavy atom. The molecular weight excluding hydrogens is 336 g/mol. The fourth-order valence-electron chi connectivity index (χ4n) is 3.74. The van der Waals surface area contributed by atoms with Crippen LogP contribution in [0.15, 0.2) is 48.5 Å². The molecule has 1 aliphatic rings. The predicted octanol–water partition coefficient (Wildman–Crippen LogP) is 4.51. The number of aryl methyl sites for hydroxylation is 1. The minimum atomic E-state index is 0.0257. The van der Waals surface area contributed by atoms with Crippen LogP contribution in [0, 0.1) is 0 Å². The van der Waals surface area contributed by atoms with E-state index in [4.69, 9.17) is 0 Å². The zero-order valence-corrected chi connectivity index (χ0v) is 15.6. The summed E-state index contributed by atoms with van der Waals surface area (Å²) in [5.74, 6) is 0.880. The molecule has 2 N–H and O–H groups in total. The standard InChI is InChI=1S/C22H26N4O/c27-22(14-13-21-23-17-9-3-4-10-18(17)24-21)25-19-11-5-6-12-20(19)26-15-7-1-2-8-16-26/h3-6,9-12H,1-2,7-8,13-16H2,(H,23,24)(H,25,27). The third-order valence-corrected chi connectivity index (χ3v) is 5.15. The fraction of sp³-hybridized carbons (Fsp3) is 0.364. The van der Waals surface area contributed by atoms with Gasteiger partial charge in [-0.1, -0.05) is 37.1 Å². The molecule has 140 valence electrons. The number of fused-ring (bicyclic) bond motifs is 1. The van der Waals surface area contributed by atoms with Crippen molar-refractivity contribution in [2.45, 2.75) is 38.5 Å². The summed E-state index contributed by atoms with van der Waals surface area (Å²) in [6.45, 7) is 2.12. The fourth-order valence-corrected chi connectivity index (χ4v) is 3.74. The third kappa shape index (κ3) is 4.30. The van der Waals surface area contributed by atoms with Crippen LogP contribution >= 0.6 is 0 Å². The zero-order chi connectivity index (χ0) is 18.5. The molecule has 2 heterocycles. The SMILES string of the molecule is O=C(CCc1nc2ccccc2[nH]1)Nc1ccccc1N1CCCCCC1. The van der Waals surface area contributed by atoms with Gasteiger partial charge in [0.15, 0.2) is 0 Å². The third-order valence-electron chi connectivity index (χ3n) is 5.15. The van der Waals surface area contributed by atoms with Crippen LogP contribution in [0.2, 0.25) is 0 Å². The number of para-hydroxylation sites is 4. The normalized spacial score (nSPS) is 14.9. The Kier molecular flexibility index (Phi) is 5.37. The molecule has 0 saturated carbocycles. The Morgan fingerprint density at radius 2 is 1.74 bits per heavy atom. The molecule has 5 heteroatoms. The number of aromatic nitrogens is 2. The summed E-state index contributed by atoms with van der Waals surface area (Å²) in [6, 6.07) is 16.1. The highest BCUT2D eigenvalue weighted by molar-refractivity contribution is 5.94. The quantitative estimate of drug-likeness (QED) is 0.702. The van der Waals surface area contributed by atoms with Crippen molar-refractivity contribution in [1.82, 2.24) is 9.97 Å². The number of nitrogens with one attached hydrogen (secondary N) is 2. The summed E-state index contributed by atoms with van der Waals surface area (Å²) in [5.41, 5.74) is 4.00. The van der Waals surface area contributed by atoms with Crippen LogP contribution in [0.5, 0.6) is 0 Å². The van der Waals surface area contributed by atoms with Crippen molar-refractivity contribution in [3.05, 3.63) is 54.4 Å². The first kappa shape index (κ1) is 17.6. The second kappa shape index (κ2) is 8.25. The lowest BCUT2D eigenvalue weighted by Gasteiger charge is -2.25. The minimum absolute atomic E-state index is 0.0257. The molecule has 5 nitrogen and oxygen atoms in total. The Balaban J connectivity index is 1.40. The van der Waals surface area contributed by atoms with Crippen LogP contribution in [0.3, 0.4) is 0 Å². The number of H-pyrrole nitrogens is 1. The molecule has 4 rings (SSSR count). The second-order valence-corrected chi connectivity index (χ2v) is 7.17. The largest absolute Gasteiger partial charge is 0.370 e. The van der Waals surface area contributed by atoms with Crippen molar-refractivity contribution in [3.63, 3.8) is 0 Å². The smallest absolute Gasteiger partial charge is 0.224 e. The van der Waals surface area contributed by atoms with Crippen molar-refractivity contribution in [1.29, 1.82) is 0 Å². The summed E-state index contributed by atoms with van der Waals surface area (Å²) in [5, 5.41) is 3.11. The summed E-state index contributed by atoms with van der Waals surface area (Å²) < 4.78 is 0. The topological polar surface area (TPSA) is 61.0 Å². The van der Waals surface area contributed by atoms with Crippen LogP contribution < -0.4 is 10.2 Å². The molecule has 27 heavy (non-hydrogen) atoms. The first-order valence-corrected chi connectivity index (χ1v) is 9.87. The lowest BCUT2D eigenvalue weighted by atomic mass is 10.2. The number of rotatable bonds is 5. The van der Waals surface area contributed by atoms with Crippen LogP contribution in [0.4, 0.5) is 11.4 Å². The molecule has 0 spiro atoms. The maximum absolute atomic E-state index is 12.5. The van der Waals surface area contributed by atoms with Gasteiger partial charge in [-0.2, -0.15) is 0 Å². The number of imidazole rings is 1. The molecule has 0 atom stereocenters. The maximum Gasteiger partial charge on any atom is 0.224 e. The van der Waals surface area contributed by atoms with Crippen LogP contribution in [0.25, 0.3) is 11.0 Å². The number of nitrogens with zero attached hydrogens (tertiary/aromatic N) is 2. The Bertz CT molecular complexity index is 876. The maximum atomic E-state index is 12.5. The van der Waals surface area contributed by atoms with Gasteiger partial charge >= 0.3 is 0 Å².